The molecule has 0 N–H and O–H groups in total. The molecular weight excluding hydrogens is 449 g/mol. The number of halogens is 3. The minimum absolute atomic E-state index is 0.112. The molecule has 3 aliphatic heterocycles. The number of piperazine rings is 1. The van der Waals surface area contributed by atoms with E-state index in [1.807, 2.05) is 0 Å². The zero-order valence-electron chi connectivity index (χ0n) is 16.3. The summed E-state index contributed by atoms with van der Waals surface area (Å²) in [4.78, 5) is 28.7. The van der Waals surface area contributed by atoms with E-state index in [0.29, 0.717) is 16.3 Å². The number of hydrogen-bond donors (Lipinski definition) is 0. The van der Waals surface area contributed by atoms with E-state index in [9.17, 15) is 36.4 Å². The zero-order chi connectivity index (χ0) is 23.0. The molecule has 0 aliphatic carbocycles. The van der Waals surface area contributed by atoms with Gasteiger partial charge in [0.05, 0.1) is 23.4 Å². The number of fused-ring (bicyclic) bond motifs is 6. The molecule has 8 nitrogen and oxygen atoms in total. The molecule has 0 saturated carbocycles. The van der Waals surface area contributed by atoms with Crippen molar-refractivity contribution in [1.29, 1.82) is 5.26 Å². The van der Waals surface area contributed by atoms with E-state index in [2.05, 4.69) is 6.07 Å². The number of carbonyl (C=O) groups is 2. The van der Waals surface area contributed by atoms with E-state index in [1.54, 1.807) is 24.3 Å². The van der Waals surface area contributed by atoms with Gasteiger partial charge in [-0.2, -0.15) is 22.7 Å². The molecule has 0 radical (unpaired) electrons. The Morgan fingerprint density at radius 3 is 2.44 bits per heavy atom. The number of carbonyl (C=O) groups excluding carboxylic acids is 2. The van der Waals surface area contributed by atoms with Crippen LogP contribution in [0.3, 0.4) is 0 Å². The fourth-order valence-corrected chi connectivity index (χ4v) is 6.61. The molecule has 0 spiro atoms. The fourth-order valence-electron chi connectivity index (χ4n) is 5.02. The second-order valence-corrected chi connectivity index (χ2v) is 9.92. The maximum atomic E-state index is 13.3. The Morgan fingerprint density at radius 2 is 1.78 bits per heavy atom. The summed E-state index contributed by atoms with van der Waals surface area (Å²) in [5.41, 5.74) is 0.599. The van der Waals surface area contributed by atoms with Crippen molar-refractivity contribution in [3.8, 4) is 6.07 Å². The summed E-state index contributed by atoms with van der Waals surface area (Å²) >= 11 is 0. The summed E-state index contributed by atoms with van der Waals surface area (Å²) in [5, 5.41) is 10.4. The van der Waals surface area contributed by atoms with E-state index in [4.69, 9.17) is 0 Å². The van der Waals surface area contributed by atoms with Crippen LogP contribution in [-0.2, 0) is 14.8 Å². The van der Waals surface area contributed by atoms with Crippen LogP contribution in [0.25, 0.3) is 10.8 Å². The van der Waals surface area contributed by atoms with Crippen molar-refractivity contribution in [3.63, 3.8) is 0 Å². The number of rotatable bonds is 3. The molecule has 2 aromatic rings. The third-order valence-electron chi connectivity index (χ3n) is 6.18. The maximum absolute atomic E-state index is 13.3. The molecule has 0 aromatic heterocycles. The lowest BCUT2D eigenvalue weighted by atomic mass is 10.0. The lowest BCUT2D eigenvalue weighted by Gasteiger charge is -2.34. The van der Waals surface area contributed by atoms with Crippen LogP contribution in [0.1, 0.15) is 12.0 Å². The van der Waals surface area contributed by atoms with E-state index in [0.717, 1.165) is 9.21 Å². The van der Waals surface area contributed by atoms with Crippen LogP contribution in [0, 0.1) is 11.3 Å². The lowest BCUT2D eigenvalue weighted by molar-refractivity contribution is -0.120. The van der Waals surface area contributed by atoms with Gasteiger partial charge in [0, 0.05) is 23.4 Å². The van der Waals surface area contributed by atoms with Crippen molar-refractivity contribution in [2.75, 3.05) is 17.2 Å². The number of imide groups is 1. The summed E-state index contributed by atoms with van der Waals surface area (Å²) in [6, 6.07) is 8.19. The molecule has 3 amide bonds. The Bertz CT molecular complexity index is 1320. The predicted molar refractivity (Wildman–Crippen MR) is 106 cm³/mol. The average Bonchev–Trinajstić information content (AvgIpc) is 3.38. The van der Waals surface area contributed by atoms with Crippen LogP contribution < -0.4 is 4.90 Å². The molecule has 3 fully saturated rings. The number of nitriles is 1. The van der Waals surface area contributed by atoms with Gasteiger partial charge < -0.3 is 4.90 Å². The van der Waals surface area contributed by atoms with Gasteiger partial charge in [-0.05, 0) is 18.6 Å². The van der Waals surface area contributed by atoms with Crippen molar-refractivity contribution in [3.05, 3.63) is 42.0 Å². The van der Waals surface area contributed by atoms with E-state index >= 15 is 0 Å². The van der Waals surface area contributed by atoms with Crippen LogP contribution in [0.5, 0.6) is 0 Å². The van der Waals surface area contributed by atoms with Gasteiger partial charge in [0.15, 0.2) is 5.75 Å². The first-order valence-electron chi connectivity index (χ1n) is 9.68. The van der Waals surface area contributed by atoms with Gasteiger partial charge in [-0.3, -0.25) is 4.79 Å². The van der Waals surface area contributed by atoms with Gasteiger partial charge in [0.1, 0.15) is 6.04 Å². The van der Waals surface area contributed by atoms with Gasteiger partial charge in [0.2, 0.25) is 10.0 Å². The summed E-state index contributed by atoms with van der Waals surface area (Å²) in [7, 11) is -4.69. The first-order chi connectivity index (χ1) is 15.0. The Labute approximate surface area is 180 Å². The molecule has 2 bridgehead atoms. The summed E-state index contributed by atoms with van der Waals surface area (Å²) in [5.74, 6) is -2.70. The SMILES string of the molecule is N#Cc1ccc(N2C(=O)[C@H]3[C@@H]4C[C@@H](CN4S(=O)(=O)CC(F)(F)F)N3C2=O)c2ccccc12. The summed E-state index contributed by atoms with van der Waals surface area (Å²) < 4.78 is 63.8. The highest BCUT2D eigenvalue weighted by atomic mass is 32.2. The Balaban J connectivity index is 1.53. The monoisotopic (exact) mass is 464 g/mol. The number of anilines is 1. The summed E-state index contributed by atoms with van der Waals surface area (Å²) in [6.45, 7) is -0.277. The Morgan fingerprint density at radius 1 is 1.09 bits per heavy atom. The van der Waals surface area contributed by atoms with E-state index < -0.39 is 52.0 Å². The van der Waals surface area contributed by atoms with Gasteiger partial charge in [-0.15, -0.1) is 0 Å². The van der Waals surface area contributed by atoms with Gasteiger partial charge in [-0.1, -0.05) is 24.3 Å². The van der Waals surface area contributed by atoms with Crippen molar-refractivity contribution < 1.29 is 31.2 Å². The molecule has 2 aromatic carbocycles. The van der Waals surface area contributed by atoms with Gasteiger partial charge in [-0.25, -0.2) is 18.1 Å². The highest BCUT2D eigenvalue weighted by molar-refractivity contribution is 7.89. The minimum atomic E-state index is -4.91. The minimum Gasteiger partial charge on any atom is -0.306 e. The topological polar surface area (TPSA) is 102 Å². The molecule has 5 rings (SSSR count). The highest BCUT2D eigenvalue weighted by Gasteiger charge is 2.64. The maximum Gasteiger partial charge on any atom is 0.404 e. The normalized spacial score (nSPS) is 25.6. The largest absolute Gasteiger partial charge is 0.404 e. The average molecular weight is 464 g/mol. The second-order valence-electron chi connectivity index (χ2n) is 8.00. The van der Waals surface area contributed by atoms with Crippen LogP contribution in [0.2, 0.25) is 0 Å². The van der Waals surface area contributed by atoms with Crippen LogP contribution in [0.4, 0.5) is 23.7 Å². The first kappa shape index (κ1) is 20.7. The molecular formula is C20H15F3N4O4S. The van der Waals surface area contributed by atoms with Crippen molar-refractivity contribution in [2.24, 2.45) is 0 Å². The molecule has 32 heavy (non-hydrogen) atoms. The third-order valence-corrected chi connectivity index (χ3v) is 8.01. The number of benzene rings is 2. The smallest absolute Gasteiger partial charge is 0.306 e. The Kier molecular flexibility index (Phi) is 4.31. The molecule has 12 heteroatoms. The second kappa shape index (κ2) is 6.66. The number of alkyl halides is 3. The number of amides is 3. The number of urea groups is 1. The highest BCUT2D eigenvalue weighted by Crippen LogP contribution is 2.45. The van der Waals surface area contributed by atoms with Crippen molar-refractivity contribution >= 4 is 38.4 Å². The van der Waals surface area contributed by atoms with Gasteiger partial charge in [0.25, 0.3) is 5.91 Å². The van der Waals surface area contributed by atoms with E-state index in [1.165, 1.54) is 17.0 Å². The predicted octanol–water partition coefficient (Wildman–Crippen LogP) is 2.20. The number of hydrogen-bond acceptors (Lipinski definition) is 5. The van der Waals surface area contributed by atoms with Crippen LogP contribution in [0.15, 0.2) is 36.4 Å². The van der Waals surface area contributed by atoms with E-state index in [-0.39, 0.29) is 18.7 Å². The van der Waals surface area contributed by atoms with Crippen molar-refractivity contribution in [2.45, 2.75) is 30.7 Å². The molecule has 3 atom stereocenters. The molecule has 3 saturated heterocycles. The molecule has 0 unspecified atom stereocenters. The standard InChI is InChI=1S/C20H15F3N4O4S/c21-20(22,23)10-32(30,31)25-9-12-7-16(25)17-18(28)27(19(29)26(12)17)15-6-5-11(8-24)13-3-1-2-4-14(13)15/h1-6,12,16-17H,7,9-10H2/t12-,16-,17+/m0/s1. The van der Waals surface area contributed by atoms with Gasteiger partial charge >= 0.3 is 12.2 Å². The molecule has 3 heterocycles. The third kappa shape index (κ3) is 2.88. The molecule has 166 valence electrons. The summed E-state index contributed by atoms with van der Waals surface area (Å²) in [6.07, 6.45) is -4.80. The number of sulfonamides is 1. The van der Waals surface area contributed by atoms with Crippen molar-refractivity contribution in [1.82, 2.24) is 9.21 Å². The van der Waals surface area contributed by atoms with Crippen LogP contribution >= 0.6 is 0 Å². The molecule has 3 aliphatic rings. The first-order valence-corrected chi connectivity index (χ1v) is 11.3. The Hall–Kier alpha value is -3.17. The number of nitrogens with zero attached hydrogens (tertiary/aromatic N) is 4. The zero-order valence-corrected chi connectivity index (χ0v) is 17.1. The lowest BCUT2D eigenvalue weighted by Crippen LogP contribution is -2.55. The quantitative estimate of drug-likeness (QED) is 0.649. The fraction of sp³-hybridized carbons (Fsp3) is 0.350. The van der Waals surface area contributed by atoms with Crippen LogP contribution in [-0.4, -0.2) is 66.2 Å².